The van der Waals surface area contributed by atoms with Crippen LogP contribution >= 0.6 is 0 Å². The van der Waals surface area contributed by atoms with Crippen molar-refractivity contribution < 1.29 is 0 Å². The molecule has 0 atom stereocenters. The second-order valence-corrected chi connectivity index (χ2v) is 3.96. The first kappa shape index (κ1) is 12.8. The summed E-state index contributed by atoms with van der Waals surface area (Å²) in [6.45, 7) is 2.92. The summed E-state index contributed by atoms with van der Waals surface area (Å²) in [6, 6.07) is 0. The van der Waals surface area contributed by atoms with Crippen LogP contribution in [-0.4, -0.2) is 16.3 Å². The van der Waals surface area contributed by atoms with E-state index in [4.69, 9.17) is 5.73 Å². The van der Waals surface area contributed by atoms with Gasteiger partial charge in [-0.3, -0.25) is 4.68 Å². The van der Waals surface area contributed by atoms with Crippen LogP contribution in [0.5, 0.6) is 0 Å². The van der Waals surface area contributed by atoms with E-state index in [0.717, 1.165) is 49.9 Å². The standard InChI is InChI=1S/C13H21N3/c1-3-8-13-12(11-16(2)15-13)9-6-4-5-7-10-14/h11H,3-5,7-8,10,14H2,1-2H3. The largest absolute Gasteiger partial charge is 0.330 e. The molecule has 1 rings (SSSR count). The predicted octanol–water partition coefficient (Wildman–Crippen LogP) is 1.85. The number of rotatable bonds is 5. The molecule has 0 spiro atoms. The smallest absolute Gasteiger partial charge is 0.0780 e. The van der Waals surface area contributed by atoms with E-state index < -0.39 is 0 Å². The maximum atomic E-state index is 5.43. The fraction of sp³-hybridized carbons (Fsp3) is 0.615. The lowest BCUT2D eigenvalue weighted by Crippen LogP contribution is -1.97. The zero-order valence-electron chi connectivity index (χ0n) is 10.3. The molecule has 0 radical (unpaired) electrons. The minimum Gasteiger partial charge on any atom is -0.330 e. The van der Waals surface area contributed by atoms with Crippen molar-refractivity contribution in [3.05, 3.63) is 17.5 Å². The topological polar surface area (TPSA) is 43.8 Å². The third-order valence-corrected chi connectivity index (χ3v) is 2.37. The van der Waals surface area contributed by atoms with Gasteiger partial charge in [-0.25, -0.2) is 0 Å². The molecule has 88 valence electrons. The van der Waals surface area contributed by atoms with E-state index in [1.807, 2.05) is 17.9 Å². The lowest BCUT2D eigenvalue weighted by atomic mass is 10.1. The molecule has 0 aliphatic carbocycles. The van der Waals surface area contributed by atoms with Crippen molar-refractivity contribution in [2.24, 2.45) is 12.8 Å². The maximum Gasteiger partial charge on any atom is 0.0780 e. The van der Waals surface area contributed by atoms with Gasteiger partial charge in [-0.1, -0.05) is 25.2 Å². The summed E-state index contributed by atoms with van der Waals surface area (Å²) in [4.78, 5) is 0. The molecule has 2 N–H and O–H groups in total. The Kier molecular flexibility index (Phi) is 5.66. The molecule has 16 heavy (non-hydrogen) atoms. The third-order valence-electron chi connectivity index (χ3n) is 2.37. The summed E-state index contributed by atoms with van der Waals surface area (Å²) < 4.78 is 1.84. The summed E-state index contributed by atoms with van der Waals surface area (Å²) in [7, 11) is 1.94. The zero-order chi connectivity index (χ0) is 11.8. The Morgan fingerprint density at radius 3 is 2.94 bits per heavy atom. The van der Waals surface area contributed by atoms with Gasteiger partial charge in [0.2, 0.25) is 0 Å². The molecule has 0 amide bonds. The van der Waals surface area contributed by atoms with Crippen LogP contribution < -0.4 is 5.73 Å². The second-order valence-electron chi connectivity index (χ2n) is 3.96. The highest BCUT2D eigenvalue weighted by Crippen LogP contribution is 2.07. The molecule has 0 fully saturated rings. The van der Waals surface area contributed by atoms with Gasteiger partial charge in [-0.05, 0) is 25.8 Å². The highest BCUT2D eigenvalue weighted by Gasteiger charge is 2.03. The average molecular weight is 219 g/mol. The number of nitrogens with two attached hydrogens (primary N) is 1. The van der Waals surface area contributed by atoms with Gasteiger partial charge < -0.3 is 5.73 Å². The van der Waals surface area contributed by atoms with E-state index >= 15 is 0 Å². The summed E-state index contributed by atoms with van der Waals surface area (Å²) >= 11 is 0. The Morgan fingerprint density at radius 1 is 1.44 bits per heavy atom. The van der Waals surface area contributed by atoms with Crippen molar-refractivity contribution in [1.82, 2.24) is 9.78 Å². The average Bonchev–Trinajstić information content (AvgIpc) is 2.59. The van der Waals surface area contributed by atoms with Crippen LogP contribution in [0, 0.1) is 11.8 Å². The maximum absolute atomic E-state index is 5.43. The van der Waals surface area contributed by atoms with Crippen molar-refractivity contribution in [3.8, 4) is 11.8 Å². The van der Waals surface area contributed by atoms with Crippen molar-refractivity contribution in [2.45, 2.75) is 39.0 Å². The first-order valence-corrected chi connectivity index (χ1v) is 5.99. The van der Waals surface area contributed by atoms with Crippen molar-refractivity contribution in [2.75, 3.05) is 6.54 Å². The van der Waals surface area contributed by atoms with Gasteiger partial charge in [0.15, 0.2) is 0 Å². The lowest BCUT2D eigenvalue weighted by Gasteiger charge is -1.92. The van der Waals surface area contributed by atoms with Crippen LogP contribution in [0.15, 0.2) is 6.20 Å². The van der Waals surface area contributed by atoms with E-state index in [0.29, 0.717) is 0 Å². The van der Waals surface area contributed by atoms with Gasteiger partial charge >= 0.3 is 0 Å². The fourth-order valence-electron chi connectivity index (χ4n) is 1.58. The second kappa shape index (κ2) is 7.08. The molecule has 3 nitrogen and oxygen atoms in total. The molecule has 0 aliphatic heterocycles. The normalized spacial score (nSPS) is 9.94. The van der Waals surface area contributed by atoms with Crippen molar-refractivity contribution in [1.29, 1.82) is 0 Å². The summed E-state index contributed by atoms with van der Waals surface area (Å²) in [6.07, 6.45) is 7.20. The van der Waals surface area contributed by atoms with E-state index in [9.17, 15) is 0 Å². The molecule has 3 heteroatoms. The SMILES string of the molecule is CCCc1nn(C)cc1C#CCCCCN. The number of aryl methyl sites for hydroxylation is 2. The van der Waals surface area contributed by atoms with Gasteiger partial charge in [0.25, 0.3) is 0 Å². The summed E-state index contributed by atoms with van der Waals surface area (Å²) in [5.41, 5.74) is 7.63. The van der Waals surface area contributed by atoms with Gasteiger partial charge in [0, 0.05) is 19.7 Å². The van der Waals surface area contributed by atoms with Crippen LogP contribution in [0.1, 0.15) is 43.9 Å². The number of hydrogen-bond acceptors (Lipinski definition) is 2. The minimum absolute atomic E-state index is 0.760. The van der Waals surface area contributed by atoms with Crippen LogP contribution in [0.2, 0.25) is 0 Å². The summed E-state index contributed by atoms with van der Waals surface area (Å²) in [5.74, 6) is 6.39. The highest BCUT2D eigenvalue weighted by atomic mass is 15.2. The van der Waals surface area contributed by atoms with Gasteiger partial charge in [0.05, 0.1) is 11.3 Å². The quantitative estimate of drug-likeness (QED) is 0.606. The van der Waals surface area contributed by atoms with E-state index in [-0.39, 0.29) is 0 Å². The highest BCUT2D eigenvalue weighted by molar-refractivity contribution is 5.36. The van der Waals surface area contributed by atoms with Gasteiger partial charge in [-0.2, -0.15) is 5.10 Å². The molecule has 0 aromatic carbocycles. The Balaban J connectivity index is 2.57. The van der Waals surface area contributed by atoms with Crippen LogP contribution in [0.3, 0.4) is 0 Å². The van der Waals surface area contributed by atoms with E-state index in [1.54, 1.807) is 0 Å². The molecule has 1 aromatic heterocycles. The van der Waals surface area contributed by atoms with E-state index in [2.05, 4.69) is 23.9 Å². The molecule has 0 unspecified atom stereocenters. The monoisotopic (exact) mass is 219 g/mol. The number of nitrogens with zero attached hydrogens (tertiary/aromatic N) is 2. The molecule has 1 aromatic rings. The van der Waals surface area contributed by atoms with Crippen LogP contribution in [-0.2, 0) is 13.5 Å². The van der Waals surface area contributed by atoms with Crippen LogP contribution in [0.4, 0.5) is 0 Å². The van der Waals surface area contributed by atoms with Gasteiger partial charge in [-0.15, -0.1) is 0 Å². The predicted molar refractivity (Wildman–Crippen MR) is 67.0 cm³/mol. The van der Waals surface area contributed by atoms with Gasteiger partial charge in [0.1, 0.15) is 0 Å². The molecule has 0 bridgehead atoms. The zero-order valence-corrected chi connectivity index (χ0v) is 10.3. The Hall–Kier alpha value is -1.27. The molecule has 0 saturated carbocycles. The minimum atomic E-state index is 0.760. The molecule has 0 saturated heterocycles. The molecular weight excluding hydrogens is 198 g/mol. The van der Waals surface area contributed by atoms with Crippen LogP contribution in [0.25, 0.3) is 0 Å². The van der Waals surface area contributed by atoms with Crippen molar-refractivity contribution in [3.63, 3.8) is 0 Å². The number of aromatic nitrogens is 2. The Bertz CT molecular complexity index is 368. The lowest BCUT2D eigenvalue weighted by molar-refractivity contribution is 0.733. The fourth-order valence-corrected chi connectivity index (χ4v) is 1.58. The number of hydrogen-bond donors (Lipinski definition) is 1. The Morgan fingerprint density at radius 2 is 2.25 bits per heavy atom. The molecule has 1 heterocycles. The summed E-state index contributed by atoms with van der Waals surface area (Å²) in [5, 5.41) is 4.41. The molecule has 0 aliphatic rings. The third kappa shape index (κ3) is 4.08. The van der Waals surface area contributed by atoms with Crippen molar-refractivity contribution >= 4 is 0 Å². The first-order valence-electron chi connectivity index (χ1n) is 5.99. The Labute approximate surface area is 98.0 Å². The molecular formula is C13H21N3. The van der Waals surface area contributed by atoms with E-state index in [1.165, 1.54) is 0 Å². The number of unbranched alkanes of at least 4 members (excludes halogenated alkanes) is 2. The first-order chi connectivity index (χ1) is 7.77.